The van der Waals surface area contributed by atoms with Crippen molar-refractivity contribution in [3.05, 3.63) is 10.6 Å². The van der Waals surface area contributed by atoms with Gasteiger partial charge in [0.25, 0.3) is 0 Å². The fourth-order valence-electron chi connectivity index (χ4n) is 1.77. The first kappa shape index (κ1) is 12.8. The summed E-state index contributed by atoms with van der Waals surface area (Å²) in [6.07, 6.45) is 3.10. The number of carbonyl (C=O) groups is 2. The lowest BCUT2D eigenvalue weighted by atomic mass is 10.3. The Bertz CT molecular complexity index is 464. The molecular weight excluding hydrogens is 254 g/mol. The van der Waals surface area contributed by atoms with Gasteiger partial charge in [0.05, 0.1) is 5.69 Å². The van der Waals surface area contributed by atoms with Gasteiger partial charge in [-0.15, -0.1) is 11.3 Å². The maximum atomic E-state index is 11.8. The summed E-state index contributed by atoms with van der Waals surface area (Å²) in [6, 6.07) is -1.31. The molecule has 0 fully saturated rings. The summed E-state index contributed by atoms with van der Waals surface area (Å²) >= 11 is 1.47. The minimum absolute atomic E-state index is 0.447. The number of rotatable bonds is 3. The molecule has 2 N–H and O–H groups in total. The highest BCUT2D eigenvalue weighted by Gasteiger charge is 2.23. The van der Waals surface area contributed by atoms with Crippen molar-refractivity contribution in [3.8, 4) is 0 Å². The maximum absolute atomic E-state index is 11.8. The first-order chi connectivity index (χ1) is 8.49. The lowest BCUT2D eigenvalue weighted by Crippen LogP contribution is -2.42. The molecule has 0 saturated heterocycles. The van der Waals surface area contributed by atoms with Gasteiger partial charge >= 0.3 is 12.0 Å². The number of likely N-dealkylation sites (N-methyl/N-ethyl adjacent to an activating group) is 1. The number of carbonyl (C=O) groups excluding carboxylic acids is 1. The zero-order valence-corrected chi connectivity index (χ0v) is 11.1. The standard InChI is InChI=1S/C11H15N3O3S/c1-6(9(15)16)14(2)11(17)13-10-12-7-4-3-5-8(7)18-10/h6H,3-5H2,1-2H3,(H,15,16)(H,12,13,17). The number of nitrogens with one attached hydrogen (secondary N) is 1. The molecule has 98 valence electrons. The van der Waals surface area contributed by atoms with E-state index in [0.29, 0.717) is 5.13 Å². The maximum Gasteiger partial charge on any atom is 0.326 e. The summed E-state index contributed by atoms with van der Waals surface area (Å²) in [5.41, 5.74) is 1.06. The Morgan fingerprint density at radius 2 is 2.22 bits per heavy atom. The number of nitrogens with zero attached hydrogens (tertiary/aromatic N) is 2. The molecular formula is C11H15N3O3S. The van der Waals surface area contributed by atoms with Crippen LogP contribution in [0.2, 0.25) is 0 Å². The zero-order valence-electron chi connectivity index (χ0n) is 10.3. The van der Waals surface area contributed by atoms with Crippen molar-refractivity contribution in [2.75, 3.05) is 12.4 Å². The molecule has 0 spiro atoms. The second kappa shape index (κ2) is 4.93. The molecule has 1 unspecified atom stereocenters. The fraction of sp³-hybridized carbons (Fsp3) is 0.545. The van der Waals surface area contributed by atoms with Crippen molar-refractivity contribution in [2.45, 2.75) is 32.2 Å². The first-order valence-electron chi connectivity index (χ1n) is 5.74. The fourth-order valence-corrected chi connectivity index (χ4v) is 2.80. The van der Waals surface area contributed by atoms with Crippen molar-refractivity contribution in [1.82, 2.24) is 9.88 Å². The quantitative estimate of drug-likeness (QED) is 0.872. The molecule has 1 aromatic heterocycles. The normalized spacial score (nSPS) is 15.0. The summed E-state index contributed by atoms with van der Waals surface area (Å²) in [5, 5.41) is 12.0. The van der Waals surface area contributed by atoms with Crippen molar-refractivity contribution < 1.29 is 14.7 Å². The van der Waals surface area contributed by atoms with Crippen LogP contribution in [-0.2, 0) is 17.6 Å². The highest BCUT2D eigenvalue weighted by molar-refractivity contribution is 7.15. The summed E-state index contributed by atoms with van der Waals surface area (Å²) < 4.78 is 0. The number of hydrogen-bond acceptors (Lipinski definition) is 4. The number of anilines is 1. The van der Waals surface area contributed by atoms with E-state index in [-0.39, 0.29) is 0 Å². The number of carboxylic acid groups (broad SMARTS) is 1. The van der Waals surface area contributed by atoms with E-state index >= 15 is 0 Å². The van der Waals surface area contributed by atoms with Gasteiger partial charge in [0.15, 0.2) is 5.13 Å². The third kappa shape index (κ3) is 2.45. The average Bonchev–Trinajstić information content (AvgIpc) is 2.87. The van der Waals surface area contributed by atoms with E-state index in [4.69, 9.17) is 5.11 Å². The first-order valence-corrected chi connectivity index (χ1v) is 6.56. The van der Waals surface area contributed by atoms with Gasteiger partial charge in [-0.3, -0.25) is 5.32 Å². The van der Waals surface area contributed by atoms with Gasteiger partial charge in [0, 0.05) is 11.9 Å². The van der Waals surface area contributed by atoms with E-state index < -0.39 is 18.0 Å². The molecule has 2 amide bonds. The Hall–Kier alpha value is -1.63. The molecule has 6 nitrogen and oxygen atoms in total. The highest BCUT2D eigenvalue weighted by Crippen LogP contribution is 2.30. The Morgan fingerprint density at radius 1 is 1.50 bits per heavy atom. The van der Waals surface area contributed by atoms with Crippen molar-refractivity contribution in [3.63, 3.8) is 0 Å². The number of amides is 2. The van der Waals surface area contributed by atoms with Crippen LogP contribution in [0.25, 0.3) is 0 Å². The largest absolute Gasteiger partial charge is 0.480 e. The number of thiazole rings is 1. The number of aromatic nitrogens is 1. The summed E-state index contributed by atoms with van der Waals surface area (Å²) in [4.78, 5) is 29.3. The zero-order chi connectivity index (χ0) is 13.3. The van der Waals surface area contributed by atoms with Gasteiger partial charge in [0.2, 0.25) is 0 Å². The molecule has 7 heteroatoms. The van der Waals surface area contributed by atoms with E-state index in [1.54, 1.807) is 0 Å². The molecule has 0 aromatic carbocycles. The molecule has 0 radical (unpaired) electrons. The molecule has 1 aromatic rings. The predicted molar refractivity (Wildman–Crippen MR) is 68.0 cm³/mol. The van der Waals surface area contributed by atoms with Gasteiger partial charge in [-0.05, 0) is 26.2 Å². The summed E-state index contributed by atoms with van der Waals surface area (Å²) in [6.45, 7) is 1.46. The number of aliphatic carboxylic acids is 1. The van der Waals surface area contributed by atoms with Gasteiger partial charge < -0.3 is 10.0 Å². The van der Waals surface area contributed by atoms with Crippen LogP contribution in [0.1, 0.15) is 23.9 Å². The van der Waals surface area contributed by atoms with Crippen molar-refractivity contribution in [1.29, 1.82) is 0 Å². The smallest absolute Gasteiger partial charge is 0.326 e. The minimum Gasteiger partial charge on any atom is -0.480 e. The van der Waals surface area contributed by atoms with Crippen LogP contribution in [-0.4, -0.2) is 40.1 Å². The molecule has 18 heavy (non-hydrogen) atoms. The summed E-state index contributed by atoms with van der Waals surface area (Å²) in [5.74, 6) is -1.03. The van der Waals surface area contributed by atoms with Crippen molar-refractivity contribution in [2.24, 2.45) is 0 Å². The van der Waals surface area contributed by atoms with Gasteiger partial charge in [0.1, 0.15) is 6.04 Å². The van der Waals surface area contributed by atoms with Crippen LogP contribution < -0.4 is 5.32 Å². The molecule has 1 heterocycles. The van der Waals surface area contributed by atoms with Crippen molar-refractivity contribution >= 4 is 28.5 Å². The number of hydrogen-bond donors (Lipinski definition) is 2. The number of fused-ring (bicyclic) bond motifs is 1. The topological polar surface area (TPSA) is 82.5 Å². The van der Waals surface area contributed by atoms with Crippen LogP contribution in [0.4, 0.5) is 9.93 Å². The average molecular weight is 269 g/mol. The van der Waals surface area contributed by atoms with E-state index in [2.05, 4.69) is 10.3 Å². The van der Waals surface area contributed by atoms with Crippen LogP contribution >= 0.6 is 11.3 Å². The van der Waals surface area contributed by atoms with E-state index in [1.165, 1.54) is 30.2 Å². The Balaban J connectivity index is 2.00. The van der Waals surface area contributed by atoms with Gasteiger partial charge in [-0.2, -0.15) is 0 Å². The lowest BCUT2D eigenvalue weighted by molar-refractivity contribution is -0.141. The van der Waals surface area contributed by atoms with Crippen LogP contribution in [0, 0.1) is 0 Å². The molecule has 0 aliphatic heterocycles. The number of urea groups is 1. The van der Waals surface area contributed by atoms with E-state index in [1.807, 2.05) is 0 Å². The third-order valence-electron chi connectivity index (χ3n) is 3.07. The minimum atomic E-state index is -1.03. The van der Waals surface area contributed by atoms with Gasteiger partial charge in [-0.1, -0.05) is 0 Å². The van der Waals surface area contributed by atoms with Crippen LogP contribution in [0.3, 0.4) is 0 Å². The second-order valence-electron chi connectivity index (χ2n) is 4.30. The van der Waals surface area contributed by atoms with E-state index in [0.717, 1.165) is 29.9 Å². The Labute approximate surface area is 109 Å². The second-order valence-corrected chi connectivity index (χ2v) is 5.38. The van der Waals surface area contributed by atoms with Crippen LogP contribution in [0.5, 0.6) is 0 Å². The third-order valence-corrected chi connectivity index (χ3v) is 4.14. The van der Waals surface area contributed by atoms with Gasteiger partial charge in [-0.25, -0.2) is 14.6 Å². The molecule has 1 aliphatic carbocycles. The SMILES string of the molecule is CC(C(=O)O)N(C)C(=O)Nc1nc2c(s1)CCC2. The molecule has 0 saturated carbocycles. The molecule has 0 bridgehead atoms. The van der Waals surface area contributed by atoms with E-state index in [9.17, 15) is 9.59 Å². The highest BCUT2D eigenvalue weighted by atomic mass is 32.1. The Kier molecular flexibility index (Phi) is 3.51. The lowest BCUT2D eigenvalue weighted by Gasteiger charge is -2.20. The molecule has 1 aliphatic rings. The number of carboxylic acids is 1. The molecule has 1 atom stereocenters. The summed E-state index contributed by atoms with van der Waals surface area (Å²) in [7, 11) is 1.45. The van der Waals surface area contributed by atoms with Crippen LogP contribution in [0.15, 0.2) is 0 Å². The molecule has 2 rings (SSSR count). The predicted octanol–water partition coefficient (Wildman–Crippen LogP) is 1.57. The number of aryl methyl sites for hydroxylation is 2. The monoisotopic (exact) mass is 269 g/mol. The Morgan fingerprint density at radius 3 is 2.83 bits per heavy atom.